The largest absolute Gasteiger partial charge is 0.466 e. The smallest absolute Gasteiger partial charge is 0.305 e. The highest BCUT2D eigenvalue weighted by Crippen LogP contribution is 2.30. The molecular weight excluding hydrogens is 384 g/mol. The van der Waals surface area contributed by atoms with Gasteiger partial charge in [-0.1, -0.05) is 52.4 Å². The van der Waals surface area contributed by atoms with Gasteiger partial charge in [-0.2, -0.15) is 0 Å². The van der Waals surface area contributed by atoms with E-state index < -0.39 is 0 Å². The third kappa shape index (κ3) is 11.3. The summed E-state index contributed by atoms with van der Waals surface area (Å²) in [5.41, 5.74) is 0. The first-order valence-electron chi connectivity index (χ1n) is 12.3. The molecule has 6 heteroatoms. The summed E-state index contributed by atoms with van der Waals surface area (Å²) >= 11 is 0. The van der Waals surface area contributed by atoms with Gasteiger partial charge in [0.1, 0.15) is 0 Å². The van der Waals surface area contributed by atoms with E-state index in [-0.39, 0.29) is 11.9 Å². The molecule has 0 aromatic rings. The average Bonchev–Trinajstić information content (AvgIpc) is 3.65. The van der Waals surface area contributed by atoms with E-state index >= 15 is 0 Å². The molecule has 2 fully saturated rings. The minimum Gasteiger partial charge on any atom is -0.466 e. The van der Waals surface area contributed by atoms with Crippen molar-refractivity contribution in [1.29, 1.82) is 0 Å². The first-order chi connectivity index (χ1) is 14.6. The second-order valence-electron chi connectivity index (χ2n) is 8.64. The van der Waals surface area contributed by atoms with E-state index in [1.54, 1.807) is 0 Å². The lowest BCUT2D eigenvalue weighted by Gasteiger charge is -2.05. The lowest BCUT2D eigenvalue weighted by molar-refractivity contribution is -0.145. The Morgan fingerprint density at radius 3 is 1.40 bits per heavy atom. The molecule has 4 unspecified atom stereocenters. The van der Waals surface area contributed by atoms with Crippen molar-refractivity contribution in [3.05, 3.63) is 0 Å². The number of esters is 2. The van der Waals surface area contributed by atoms with Gasteiger partial charge in [-0.05, 0) is 25.7 Å². The van der Waals surface area contributed by atoms with Gasteiger partial charge >= 0.3 is 11.9 Å². The molecule has 0 radical (unpaired) electrons. The standard InChI is InChI=1S/C24H42O6/c1-3-5-11-19-21(29-19)15-17-27-23(25)13-9-7-8-10-14-24(26)28-18-16-22-20(30-22)12-6-4-2/h19-22H,3-18H2,1-2H3. The third-order valence-corrected chi connectivity index (χ3v) is 5.90. The number of carbonyl (C=O) groups is 2. The van der Waals surface area contributed by atoms with Crippen LogP contribution in [0.25, 0.3) is 0 Å². The number of unbranched alkanes of at least 4 members (excludes halogenated alkanes) is 5. The molecule has 0 N–H and O–H groups in total. The molecule has 4 atom stereocenters. The van der Waals surface area contributed by atoms with Gasteiger partial charge in [0, 0.05) is 25.7 Å². The molecule has 0 amide bonds. The van der Waals surface area contributed by atoms with E-state index in [0.717, 1.165) is 51.4 Å². The van der Waals surface area contributed by atoms with Crippen LogP contribution in [0, 0.1) is 0 Å². The van der Waals surface area contributed by atoms with E-state index in [9.17, 15) is 9.59 Å². The summed E-state index contributed by atoms with van der Waals surface area (Å²) in [7, 11) is 0. The molecule has 2 heterocycles. The van der Waals surface area contributed by atoms with Crippen LogP contribution < -0.4 is 0 Å². The molecule has 0 aromatic carbocycles. The van der Waals surface area contributed by atoms with Crippen molar-refractivity contribution in [2.75, 3.05) is 13.2 Å². The lowest BCUT2D eigenvalue weighted by atomic mass is 10.1. The maximum Gasteiger partial charge on any atom is 0.305 e. The Kier molecular flexibility index (Phi) is 12.4. The van der Waals surface area contributed by atoms with Gasteiger partial charge < -0.3 is 18.9 Å². The Bertz CT molecular complexity index is 450. The zero-order chi connectivity index (χ0) is 21.6. The van der Waals surface area contributed by atoms with Crippen LogP contribution in [0.5, 0.6) is 0 Å². The molecule has 2 saturated heterocycles. The van der Waals surface area contributed by atoms with Crippen LogP contribution >= 0.6 is 0 Å². The SMILES string of the molecule is CCCCC1OC1CCOC(=O)CCCCCCC(=O)OCCC1OC1CCCC. The van der Waals surface area contributed by atoms with Gasteiger partial charge in [0.15, 0.2) is 0 Å². The van der Waals surface area contributed by atoms with Crippen LogP contribution in [0.3, 0.4) is 0 Å². The van der Waals surface area contributed by atoms with E-state index in [4.69, 9.17) is 18.9 Å². The molecule has 0 saturated carbocycles. The highest BCUT2D eigenvalue weighted by Gasteiger charge is 2.38. The molecule has 30 heavy (non-hydrogen) atoms. The van der Waals surface area contributed by atoms with E-state index in [1.807, 2.05) is 0 Å². The summed E-state index contributed by atoms with van der Waals surface area (Å²) < 4.78 is 21.7. The topological polar surface area (TPSA) is 77.7 Å². The normalized spacial score (nSPS) is 24.5. The van der Waals surface area contributed by atoms with Crippen molar-refractivity contribution in [1.82, 2.24) is 0 Å². The van der Waals surface area contributed by atoms with Gasteiger partial charge in [-0.25, -0.2) is 0 Å². The van der Waals surface area contributed by atoms with E-state index in [2.05, 4.69) is 13.8 Å². The van der Waals surface area contributed by atoms with Crippen molar-refractivity contribution in [2.45, 2.75) is 128 Å². The molecule has 0 spiro atoms. The van der Waals surface area contributed by atoms with Gasteiger partial charge in [0.25, 0.3) is 0 Å². The molecule has 2 aliphatic heterocycles. The van der Waals surface area contributed by atoms with Crippen molar-refractivity contribution in [3.63, 3.8) is 0 Å². The summed E-state index contributed by atoms with van der Waals surface area (Å²) in [5.74, 6) is -0.251. The van der Waals surface area contributed by atoms with Crippen molar-refractivity contribution >= 4 is 11.9 Å². The predicted octanol–water partition coefficient (Wildman–Crippen LogP) is 5.11. The predicted molar refractivity (Wildman–Crippen MR) is 115 cm³/mol. The van der Waals surface area contributed by atoms with E-state index in [0.29, 0.717) is 50.5 Å². The van der Waals surface area contributed by atoms with Gasteiger partial charge in [0.05, 0.1) is 37.6 Å². The number of ether oxygens (including phenoxy) is 4. The zero-order valence-electron chi connectivity index (χ0n) is 19.1. The number of carbonyl (C=O) groups excluding carboxylic acids is 2. The Balaban J connectivity index is 1.31. The molecular formula is C24H42O6. The summed E-state index contributed by atoms with van der Waals surface area (Å²) in [6.07, 6.45) is 14.4. The van der Waals surface area contributed by atoms with Crippen LogP contribution in [-0.4, -0.2) is 49.6 Å². The molecule has 0 bridgehead atoms. The second kappa shape index (κ2) is 14.8. The van der Waals surface area contributed by atoms with Crippen molar-refractivity contribution in [2.24, 2.45) is 0 Å². The Morgan fingerprint density at radius 1 is 0.600 bits per heavy atom. The zero-order valence-corrected chi connectivity index (χ0v) is 19.1. The number of hydrogen-bond donors (Lipinski definition) is 0. The number of epoxide rings is 2. The van der Waals surface area contributed by atoms with Crippen LogP contribution in [0.2, 0.25) is 0 Å². The summed E-state index contributed by atoms with van der Waals surface area (Å²) in [6, 6.07) is 0. The highest BCUT2D eigenvalue weighted by molar-refractivity contribution is 5.69. The van der Waals surface area contributed by atoms with Crippen molar-refractivity contribution < 1.29 is 28.5 Å². The van der Waals surface area contributed by atoms with E-state index in [1.165, 1.54) is 25.7 Å². The number of hydrogen-bond acceptors (Lipinski definition) is 6. The molecule has 0 aromatic heterocycles. The maximum absolute atomic E-state index is 11.8. The Hall–Kier alpha value is -1.14. The maximum atomic E-state index is 11.8. The lowest BCUT2D eigenvalue weighted by Crippen LogP contribution is -2.09. The molecule has 174 valence electrons. The average molecular weight is 427 g/mol. The fourth-order valence-electron chi connectivity index (χ4n) is 3.80. The molecule has 0 aliphatic carbocycles. The first-order valence-corrected chi connectivity index (χ1v) is 12.3. The summed E-state index contributed by atoms with van der Waals surface area (Å²) in [6.45, 7) is 5.28. The van der Waals surface area contributed by atoms with Crippen LogP contribution in [0.4, 0.5) is 0 Å². The minimum absolute atomic E-state index is 0.125. The van der Waals surface area contributed by atoms with Gasteiger partial charge in [-0.15, -0.1) is 0 Å². The second-order valence-corrected chi connectivity index (χ2v) is 8.64. The minimum atomic E-state index is -0.125. The third-order valence-electron chi connectivity index (χ3n) is 5.90. The quantitative estimate of drug-likeness (QED) is 0.162. The van der Waals surface area contributed by atoms with Crippen LogP contribution in [0.1, 0.15) is 104 Å². The summed E-state index contributed by atoms with van der Waals surface area (Å²) in [5, 5.41) is 0. The van der Waals surface area contributed by atoms with Gasteiger partial charge in [-0.3, -0.25) is 9.59 Å². The van der Waals surface area contributed by atoms with Gasteiger partial charge in [0.2, 0.25) is 0 Å². The van der Waals surface area contributed by atoms with Crippen LogP contribution in [-0.2, 0) is 28.5 Å². The fraction of sp³-hybridized carbons (Fsp3) is 0.917. The first kappa shape index (κ1) is 25.1. The fourth-order valence-corrected chi connectivity index (χ4v) is 3.80. The molecule has 6 nitrogen and oxygen atoms in total. The molecule has 2 aliphatic rings. The summed E-state index contributed by atoms with van der Waals surface area (Å²) in [4.78, 5) is 23.5. The Labute approximate surface area is 182 Å². The van der Waals surface area contributed by atoms with Crippen molar-refractivity contribution in [3.8, 4) is 0 Å². The monoisotopic (exact) mass is 426 g/mol. The Morgan fingerprint density at radius 2 is 1.00 bits per heavy atom. The highest BCUT2D eigenvalue weighted by atomic mass is 16.6. The number of rotatable bonds is 19. The van der Waals surface area contributed by atoms with Crippen LogP contribution in [0.15, 0.2) is 0 Å². The molecule has 2 rings (SSSR count).